The molecule has 2 N–H and O–H groups in total. The van der Waals surface area contributed by atoms with E-state index in [0.29, 0.717) is 51.0 Å². The Morgan fingerprint density at radius 2 is 2.00 bits per heavy atom. The Morgan fingerprint density at radius 3 is 2.67 bits per heavy atom. The van der Waals surface area contributed by atoms with Crippen molar-refractivity contribution in [3.05, 3.63) is 29.5 Å². The van der Waals surface area contributed by atoms with E-state index in [9.17, 15) is 27.5 Å². The molecular formula is C21H24F4N2O3. The van der Waals surface area contributed by atoms with E-state index >= 15 is 0 Å². The lowest BCUT2D eigenvalue weighted by Gasteiger charge is -2.35. The van der Waals surface area contributed by atoms with Crippen molar-refractivity contribution in [1.82, 2.24) is 5.32 Å². The molecule has 1 aliphatic heterocycles. The highest BCUT2D eigenvalue weighted by Crippen LogP contribution is 2.40. The average Bonchev–Trinajstić information content (AvgIpc) is 3.02. The fraction of sp³-hybridized carbons (Fsp3) is 0.571. The molecule has 9 heteroatoms. The first-order chi connectivity index (χ1) is 14.2. The highest BCUT2D eigenvalue weighted by Gasteiger charge is 2.35. The fourth-order valence-corrected chi connectivity index (χ4v) is 4.42. The summed E-state index contributed by atoms with van der Waals surface area (Å²) in [5.74, 6) is -0.128. The summed E-state index contributed by atoms with van der Waals surface area (Å²) >= 11 is 0. The van der Waals surface area contributed by atoms with E-state index in [1.165, 1.54) is 6.07 Å². The van der Waals surface area contributed by atoms with Crippen LogP contribution in [-0.4, -0.2) is 42.9 Å². The number of amides is 1. The predicted octanol–water partition coefficient (Wildman–Crippen LogP) is 4.28. The van der Waals surface area contributed by atoms with Gasteiger partial charge in [0.25, 0.3) is 5.91 Å². The average molecular weight is 428 g/mol. The monoisotopic (exact) mass is 428 g/mol. The van der Waals surface area contributed by atoms with Crippen LogP contribution in [-0.2, 0) is 6.18 Å². The van der Waals surface area contributed by atoms with Gasteiger partial charge in [-0.05, 0) is 56.2 Å². The molecule has 1 amide bonds. The lowest BCUT2D eigenvalue weighted by Crippen LogP contribution is -2.37. The molecule has 1 saturated carbocycles. The van der Waals surface area contributed by atoms with Crippen LogP contribution in [0.1, 0.15) is 48.2 Å². The van der Waals surface area contributed by atoms with Gasteiger partial charge in [-0.15, -0.1) is 0 Å². The first-order valence-electron chi connectivity index (χ1n) is 10.2. The number of carbonyl (C=O) groups is 1. The summed E-state index contributed by atoms with van der Waals surface area (Å²) in [6.45, 7) is 0.595. The van der Waals surface area contributed by atoms with E-state index in [2.05, 4.69) is 5.32 Å². The molecule has 2 aliphatic rings. The molecule has 30 heavy (non-hydrogen) atoms. The Bertz CT molecular complexity index is 932. The Hall–Kier alpha value is -2.29. The van der Waals surface area contributed by atoms with Gasteiger partial charge in [0.15, 0.2) is 0 Å². The van der Waals surface area contributed by atoms with Gasteiger partial charge in [-0.1, -0.05) is 0 Å². The molecule has 1 aliphatic carbocycles. The first-order valence-corrected chi connectivity index (χ1v) is 10.2. The molecule has 0 radical (unpaired) electrons. The van der Waals surface area contributed by atoms with Crippen molar-refractivity contribution in [2.24, 2.45) is 5.92 Å². The van der Waals surface area contributed by atoms with Crippen molar-refractivity contribution in [1.29, 1.82) is 0 Å². The highest BCUT2D eigenvalue weighted by molar-refractivity contribution is 6.07. The Kier molecular flexibility index (Phi) is 5.42. The highest BCUT2D eigenvalue weighted by atomic mass is 19.4. The molecule has 0 unspecified atom stereocenters. The van der Waals surface area contributed by atoms with Gasteiger partial charge in [-0.25, -0.2) is 4.39 Å². The third-order valence-corrected chi connectivity index (χ3v) is 6.27. The van der Waals surface area contributed by atoms with E-state index in [4.69, 9.17) is 4.42 Å². The van der Waals surface area contributed by atoms with Crippen molar-refractivity contribution in [3.63, 3.8) is 0 Å². The van der Waals surface area contributed by atoms with Gasteiger partial charge in [0.2, 0.25) is 5.76 Å². The molecule has 2 heterocycles. The second-order valence-corrected chi connectivity index (χ2v) is 8.32. The van der Waals surface area contributed by atoms with Gasteiger partial charge >= 0.3 is 6.18 Å². The number of benzene rings is 1. The summed E-state index contributed by atoms with van der Waals surface area (Å²) in [6, 6.07) is 3.23. The number of alkyl halides is 4. The standard InChI is InChI=1S/C21H24F4N2O3/c22-12-20(29)6-3-13(4-7-20)5-9-27-10-8-26-19(28)18-17(27)15-11-14(21(23,24)25)1-2-16(15)30-18/h1-2,11,13,29H,3-10,12H2,(H,26,28). The van der Waals surface area contributed by atoms with E-state index in [0.717, 1.165) is 18.6 Å². The molecule has 1 aromatic carbocycles. The number of rotatable bonds is 4. The lowest BCUT2D eigenvalue weighted by atomic mass is 9.78. The lowest BCUT2D eigenvalue weighted by molar-refractivity contribution is -0.137. The second kappa shape index (κ2) is 7.76. The van der Waals surface area contributed by atoms with Gasteiger partial charge < -0.3 is 19.7 Å². The second-order valence-electron chi connectivity index (χ2n) is 8.32. The summed E-state index contributed by atoms with van der Waals surface area (Å²) in [7, 11) is 0. The van der Waals surface area contributed by atoms with Crippen LogP contribution in [0, 0.1) is 5.92 Å². The summed E-state index contributed by atoms with van der Waals surface area (Å²) in [5, 5.41) is 13.1. The van der Waals surface area contributed by atoms with Crippen LogP contribution in [0.5, 0.6) is 0 Å². The van der Waals surface area contributed by atoms with E-state index in [1.807, 2.05) is 4.90 Å². The summed E-state index contributed by atoms with van der Waals surface area (Å²) in [6.07, 6.45) is -1.55. The maximum absolute atomic E-state index is 13.2. The van der Waals surface area contributed by atoms with Crippen LogP contribution in [0.25, 0.3) is 11.0 Å². The van der Waals surface area contributed by atoms with Gasteiger partial charge in [0, 0.05) is 25.0 Å². The van der Waals surface area contributed by atoms with Gasteiger partial charge in [-0.2, -0.15) is 13.2 Å². The largest absolute Gasteiger partial charge is 0.449 e. The normalized spacial score (nSPS) is 25.2. The molecule has 5 nitrogen and oxygen atoms in total. The quantitative estimate of drug-likeness (QED) is 0.714. The van der Waals surface area contributed by atoms with Crippen LogP contribution >= 0.6 is 0 Å². The van der Waals surface area contributed by atoms with Crippen LogP contribution in [0.3, 0.4) is 0 Å². The van der Waals surface area contributed by atoms with E-state index in [1.54, 1.807) is 0 Å². The van der Waals surface area contributed by atoms with E-state index < -0.39 is 29.9 Å². The zero-order valence-corrected chi connectivity index (χ0v) is 16.4. The Morgan fingerprint density at radius 1 is 1.27 bits per heavy atom. The first kappa shape index (κ1) is 21.0. The zero-order valence-electron chi connectivity index (χ0n) is 16.4. The van der Waals surface area contributed by atoms with Crippen LogP contribution in [0.15, 0.2) is 22.6 Å². The van der Waals surface area contributed by atoms with Gasteiger partial charge in [-0.3, -0.25) is 4.79 Å². The predicted molar refractivity (Wildman–Crippen MR) is 103 cm³/mol. The number of anilines is 1. The third kappa shape index (κ3) is 3.99. The van der Waals surface area contributed by atoms with Gasteiger partial charge in [0.1, 0.15) is 12.3 Å². The molecular weight excluding hydrogens is 404 g/mol. The summed E-state index contributed by atoms with van der Waals surface area (Å²) in [5.41, 5.74) is -1.39. The van der Waals surface area contributed by atoms with Crippen molar-refractivity contribution < 1.29 is 31.9 Å². The van der Waals surface area contributed by atoms with Crippen molar-refractivity contribution in [2.45, 2.75) is 43.9 Å². The van der Waals surface area contributed by atoms with Crippen LogP contribution < -0.4 is 10.2 Å². The minimum Gasteiger partial charge on any atom is -0.449 e. The van der Waals surface area contributed by atoms with Crippen LogP contribution in [0.2, 0.25) is 0 Å². The number of furan rings is 1. The number of aliphatic hydroxyl groups is 1. The molecule has 1 aromatic heterocycles. The SMILES string of the molecule is O=C1NCCN(CCC2CCC(O)(CF)CC2)c2c1oc1ccc(C(F)(F)F)cc21. The van der Waals surface area contributed by atoms with E-state index in [-0.39, 0.29) is 22.6 Å². The van der Waals surface area contributed by atoms with Crippen molar-refractivity contribution in [3.8, 4) is 0 Å². The molecule has 0 saturated heterocycles. The molecule has 4 rings (SSSR count). The van der Waals surface area contributed by atoms with Crippen molar-refractivity contribution in [2.75, 3.05) is 31.2 Å². The summed E-state index contributed by atoms with van der Waals surface area (Å²) < 4.78 is 58.2. The fourth-order valence-electron chi connectivity index (χ4n) is 4.42. The number of nitrogens with zero attached hydrogens (tertiary/aromatic N) is 1. The molecule has 164 valence electrons. The number of hydrogen-bond acceptors (Lipinski definition) is 4. The number of hydrogen-bond donors (Lipinski definition) is 2. The minimum absolute atomic E-state index is 0.0253. The van der Waals surface area contributed by atoms with Crippen molar-refractivity contribution >= 4 is 22.6 Å². The number of carbonyl (C=O) groups excluding carboxylic acids is 1. The molecule has 0 bridgehead atoms. The maximum atomic E-state index is 13.2. The summed E-state index contributed by atoms with van der Waals surface area (Å²) in [4.78, 5) is 14.3. The third-order valence-electron chi connectivity index (χ3n) is 6.27. The number of nitrogens with one attached hydrogen (secondary N) is 1. The van der Waals surface area contributed by atoms with Crippen LogP contribution in [0.4, 0.5) is 23.2 Å². The molecule has 2 aromatic rings. The smallest absolute Gasteiger partial charge is 0.416 e. The maximum Gasteiger partial charge on any atom is 0.416 e. The Balaban J connectivity index is 1.59. The number of fused-ring (bicyclic) bond motifs is 3. The number of halogens is 4. The minimum atomic E-state index is -4.49. The molecule has 0 spiro atoms. The zero-order chi connectivity index (χ0) is 21.5. The topological polar surface area (TPSA) is 65.7 Å². The Labute approximate surface area is 171 Å². The van der Waals surface area contributed by atoms with Gasteiger partial charge in [0.05, 0.1) is 16.9 Å². The molecule has 1 fully saturated rings. The molecule has 0 atom stereocenters.